The Bertz CT molecular complexity index is 1000. The van der Waals surface area contributed by atoms with Crippen LogP contribution in [-0.4, -0.2) is 49.5 Å². The number of rotatable bonds is 7. The lowest BCUT2D eigenvalue weighted by Gasteiger charge is -2.13. The third kappa shape index (κ3) is 3.11. The summed E-state index contributed by atoms with van der Waals surface area (Å²) in [5, 5.41) is 17.7. The van der Waals surface area contributed by atoms with Gasteiger partial charge in [0.15, 0.2) is 11.5 Å². The number of nitrogens with one attached hydrogen (secondary N) is 1. The number of hydrogen-bond acceptors (Lipinski definition) is 7. The van der Waals surface area contributed by atoms with E-state index < -0.39 is 6.10 Å². The Labute approximate surface area is 162 Å². The van der Waals surface area contributed by atoms with Crippen LogP contribution >= 0.6 is 0 Å². The number of ketones is 1. The van der Waals surface area contributed by atoms with Gasteiger partial charge in [-0.3, -0.25) is 9.89 Å². The van der Waals surface area contributed by atoms with Crippen molar-refractivity contribution in [3.8, 4) is 23.0 Å². The van der Waals surface area contributed by atoms with Crippen LogP contribution in [0.3, 0.4) is 0 Å². The highest BCUT2D eigenvalue weighted by Gasteiger charge is 2.24. The molecule has 28 heavy (non-hydrogen) atoms. The number of methoxy groups -OCH3 is 4. The van der Waals surface area contributed by atoms with Gasteiger partial charge in [-0.05, 0) is 31.2 Å². The third-order valence-corrected chi connectivity index (χ3v) is 4.52. The van der Waals surface area contributed by atoms with E-state index in [1.807, 2.05) is 0 Å². The molecule has 2 N–H and O–H groups in total. The molecule has 3 aromatic rings. The number of aliphatic hydroxyl groups is 1. The minimum atomic E-state index is -0.814. The van der Waals surface area contributed by atoms with Gasteiger partial charge in [-0.2, -0.15) is 5.10 Å². The molecule has 1 atom stereocenters. The number of aromatic amines is 1. The van der Waals surface area contributed by atoms with Crippen LogP contribution in [-0.2, 0) is 0 Å². The summed E-state index contributed by atoms with van der Waals surface area (Å²) >= 11 is 0. The van der Waals surface area contributed by atoms with Crippen molar-refractivity contribution < 1.29 is 28.8 Å². The molecule has 2 aromatic carbocycles. The molecule has 0 unspecified atom stereocenters. The van der Waals surface area contributed by atoms with Gasteiger partial charge in [0, 0.05) is 10.9 Å². The highest BCUT2D eigenvalue weighted by Crippen LogP contribution is 2.39. The summed E-state index contributed by atoms with van der Waals surface area (Å²) < 4.78 is 21.3. The number of aliphatic hydroxyl groups excluding tert-OH is 1. The van der Waals surface area contributed by atoms with Crippen LogP contribution in [0.1, 0.15) is 34.6 Å². The molecular formula is C20H22N2O6. The Morgan fingerprint density at radius 1 is 1.00 bits per heavy atom. The molecule has 1 aromatic heterocycles. The fourth-order valence-electron chi connectivity index (χ4n) is 3.20. The SMILES string of the molecule is COc1cc(C(=O)c2[nH]nc3c([C@@H](C)O)c(OC)ccc23)cc(OC)c1OC. The lowest BCUT2D eigenvalue weighted by molar-refractivity contribution is 0.103. The predicted octanol–water partition coefficient (Wildman–Crippen LogP) is 2.88. The third-order valence-electron chi connectivity index (χ3n) is 4.52. The van der Waals surface area contributed by atoms with E-state index in [4.69, 9.17) is 18.9 Å². The van der Waals surface area contributed by atoms with Gasteiger partial charge in [0.1, 0.15) is 17.0 Å². The van der Waals surface area contributed by atoms with E-state index >= 15 is 0 Å². The zero-order valence-corrected chi connectivity index (χ0v) is 16.3. The molecule has 0 spiro atoms. The van der Waals surface area contributed by atoms with Crippen molar-refractivity contribution in [2.45, 2.75) is 13.0 Å². The zero-order valence-electron chi connectivity index (χ0n) is 16.3. The van der Waals surface area contributed by atoms with E-state index in [-0.39, 0.29) is 11.5 Å². The number of nitrogens with zero attached hydrogens (tertiary/aromatic N) is 1. The summed E-state index contributed by atoms with van der Waals surface area (Å²) in [6.45, 7) is 1.62. The molecule has 0 fully saturated rings. The lowest BCUT2D eigenvalue weighted by Crippen LogP contribution is -2.05. The number of H-pyrrole nitrogens is 1. The Hall–Kier alpha value is -3.26. The van der Waals surface area contributed by atoms with Crippen LogP contribution < -0.4 is 18.9 Å². The maximum atomic E-state index is 13.2. The second-order valence-electron chi connectivity index (χ2n) is 6.10. The first-order valence-corrected chi connectivity index (χ1v) is 8.54. The first-order chi connectivity index (χ1) is 13.5. The van der Waals surface area contributed by atoms with Crippen LogP contribution in [0.2, 0.25) is 0 Å². The number of hydrogen-bond donors (Lipinski definition) is 2. The predicted molar refractivity (Wildman–Crippen MR) is 103 cm³/mol. The molecule has 8 nitrogen and oxygen atoms in total. The van der Waals surface area contributed by atoms with Crippen LogP contribution in [0.5, 0.6) is 23.0 Å². The van der Waals surface area contributed by atoms with Crippen molar-refractivity contribution in [3.63, 3.8) is 0 Å². The Kier molecular flexibility index (Phi) is 5.41. The molecular weight excluding hydrogens is 364 g/mol. The Morgan fingerprint density at radius 2 is 1.61 bits per heavy atom. The van der Waals surface area contributed by atoms with Gasteiger partial charge in [0.05, 0.1) is 40.1 Å². The number of benzene rings is 2. The van der Waals surface area contributed by atoms with Crippen molar-refractivity contribution >= 4 is 16.7 Å². The Balaban J connectivity index is 2.16. The van der Waals surface area contributed by atoms with Crippen LogP contribution in [0.4, 0.5) is 0 Å². The first kappa shape index (κ1) is 19.5. The van der Waals surface area contributed by atoms with Gasteiger partial charge in [-0.25, -0.2) is 0 Å². The molecule has 0 saturated heterocycles. The van der Waals surface area contributed by atoms with Gasteiger partial charge in [0.25, 0.3) is 0 Å². The number of aromatic nitrogens is 2. The normalized spacial score (nSPS) is 11.9. The van der Waals surface area contributed by atoms with E-state index in [0.29, 0.717) is 45.0 Å². The van der Waals surface area contributed by atoms with Gasteiger partial charge in [0.2, 0.25) is 11.5 Å². The molecule has 8 heteroatoms. The topological polar surface area (TPSA) is 103 Å². The number of carbonyl (C=O) groups is 1. The molecule has 0 radical (unpaired) electrons. The average molecular weight is 386 g/mol. The van der Waals surface area contributed by atoms with Crippen molar-refractivity contribution in [1.29, 1.82) is 0 Å². The van der Waals surface area contributed by atoms with Crippen LogP contribution in [0.15, 0.2) is 24.3 Å². The smallest absolute Gasteiger partial charge is 0.211 e. The molecule has 0 saturated carbocycles. The summed E-state index contributed by atoms with van der Waals surface area (Å²) in [5.41, 5.74) is 1.62. The summed E-state index contributed by atoms with van der Waals surface area (Å²) in [6, 6.07) is 6.59. The molecule has 0 bridgehead atoms. The molecule has 0 aliphatic rings. The van der Waals surface area contributed by atoms with Crippen molar-refractivity contribution in [3.05, 3.63) is 41.1 Å². The van der Waals surface area contributed by atoms with Crippen molar-refractivity contribution in [1.82, 2.24) is 10.2 Å². The quantitative estimate of drug-likeness (QED) is 0.602. The highest BCUT2D eigenvalue weighted by molar-refractivity contribution is 6.15. The maximum absolute atomic E-state index is 13.2. The van der Waals surface area contributed by atoms with E-state index in [1.54, 1.807) is 31.2 Å². The zero-order chi connectivity index (χ0) is 20.4. The minimum absolute atomic E-state index is 0.286. The average Bonchev–Trinajstić information content (AvgIpc) is 3.14. The van der Waals surface area contributed by atoms with Crippen LogP contribution in [0.25, 0.3) is 10.9 Å². The molecule has 1 heterocycles. The number of ether oxygens (including phenoxy) is 4. The first-order valence-electron chi connectivity index (χ1n) is 8.54. The summed E-state index contributed by atoms with van der Waals surface area (Å²) in [6.07, 6.45) is -0.814. The second kappa shape index (κ2) is 7.77. The number of fused-ring (bicyclic) bond motifs is 1. The molecule has 0 aliphatic carbocycles. The van der Waals surface area contributed by atoms with Crippen molar-refractivity contribution in [2.75, 3.05) is 28.4 Å². The molecule has 148 valence electrons. The Morgan fingerprint density at radius 3 is 2.11 bits per heavy atom. The summed E-state index contributed by atoms with van der Waals surface area (Å²) in [4.78, 5) is 13.2. The van der Waals surface area contributed by atoms with Gasteiger partial charge < -0.3 is 24.1 Å². The van der Waals surface area contributed by atoms with Gasteiger partial charge in [-0.1, -0.05) is 0 Å². The standard InChI is InChI=1S/C20H22N2O6/c1-10(23)16-13(25-2)7-6-12-17(16)21-22-18(12)19(24)11-8-14(26-3)20(28-5)15(9-11)27-4/h6-10,23H,1-5H3,(H,21,22)/t10-/m1/s1. The lowest BCUT2D eigenvalue weighted by atomic mass is 10.0. The minimum Gasteiger partial charge on any atom is -0.496 e. The number of carbonyl (C=O) groups excluding carboxylic acids is 1. The fraction of sp³-hybridized carbons (Fsp3) is 0.300. The summed E-state index contributed by atoms with van der Waals surface area (Å²) in [5.74, 6) is 1.35. The van der Waals surface area contributed by atoms with Gasteiger partial charge >= 0.3 is 0 Å². The van der Waals surface area contributed by atoms with E-state index in [1.165, 1.54) is 28.4 Å². The highest BCUT2D eigenvalue weighted by atomic mass is 16.5. The largest absolute Gasteiger partial charge is 0.496 e. The second-order valence-corrected chi connectivity index (χ2v) is 6.10. The molecule has 0 amide bonds. The van der Waals surface area contributed by atoms with Crippen molar-refractivity contribution in [2.24, 2.45) is 0 Å². The maximum Gasteiger partial charge on any atom is 0.211 e. The monoisotopic (exact) mass is 386 g/mol. The van der Waals surface area contributed by atoms with Gasteiger partial charge in [-0.15, -0.1) is 0 Å². The van der Waals surface area contributed by atoms with E-state index in [9.17, 15) is 9.90 Å². The van der Waals surface area contributed by atoms with Crippen LogP contribution in [0, 0.1) is 0 Å². The molecule has 0 aliphatic heterocycles. The fourth-order valence-corrected chi connectivity index (χ4v) is 3.20. The molecule has 3 rings (SSSR count). The van der Waals surface area contributed by atoms with E-state index in [2.05, 4.69) is 10.2 Å². The van der Waals surface area contributed by atoms with E-state index in [0.717, 1.165) is 0 Å². The summed E-state index contributed by atoms with van der Waals surface area (Å²) in [7, 11) is 5.98.